The fourth-order valence-corrected chi connectivity index (χ4v) is 3.04. The van der Waals surface area contributed by atoms with Crippen LogP contribution in [0.15, 0.2) is 23.2 Å². The maximum absolute atomic E-state index is 9.99. The lowest BCUT2D eigenvalue weighted by atomic mass is 9.75. The predicted octanol–water partition coefficient (Wildman–Crippen LogP) is 4.04. The summed E-state index contributed by atoms with van der Waals surface area (Å²) in [5, 5.41) is 16.8. The van der Waals surface area contributed by atoms with Crippen molar-refractivity contribution < 1.29 is 9.84 Å². The number of aliphatic imine (C=N–C) groups is 1. The van der Waals surface area contributed by atoms with E-state index in [2.05, 4.69) is 36.4 Å². The van der Waals surface area contributed by atoms with E-state index in [9.17, 15) is 5.11 Å². The molecule has 1 aliphatic carbocycles. The summed E-state index contributed by atoms with van der Waals surface area (Å²) in [6.07, 6.45) is 4.81. The van der Waals surface area contributed by atoms with Crippen molar-refractivity contribution in [2.24, 2.45) is 10.4 Å². The third kappa shape index (κ3) is 6.92. The van der Waals surface area contributed by atoms with Gasteiger partial charge < -0.3 is 20.5 Å². The van der Waals surface area contributed by atoms with Crippen molar-refractivity contribution in [3.8, 4) is 11.5 Å². The van der Waals surface area contributed by atoms with Crippen LogP contribution in [0.4, 0.5) is 0 Å². The van der Waals surface area contributed by atoms with Crippen molar-refractivity contribution >= 4 is 29.9 Å². The van der Waals surface area contributed by atoms with Crippen molar-refractivity contribution in [2.75, 3.05) is 13.7 Å². The van der Waals surface area contributed by atoms with Crippen LogP contribution in [0.1, 0.15) is 52.0 Å². The highest BCUT2D eigenvalue weighted by molar-refractivity contribution is 14.0. The molecule has 1 aromatic rings. The Labute approximate surface area is 168 Å². The van der Waals surface area contributed by atoms with Gasteiger partial charge in [-0.1, -0.05) is 13.8 Å². The Balaban J connectivity index is 0.00000312. The lowest BCUT2D eigenvalue weighted by Crippen LogP contribution is -2.45. The minimum absolute atomic E-state index is 0. The molecule has 2 rings (SSSR count). The standard InChI is InChI=1S/C19H31N3O2.HI/c1-5-20-18(22-15-8-10-19(2,3)11-9-15)21-13-14-12-16(24-4)6-7-17(14)23;/h6-7,12,15,23H,5,8-11,13H2,1-4H3,(H2,20,21,22);1H. The molecule has 0 atom stereocenters. The van der Waals surface area contributed by atoms with Crippen molar-refractivity contribution in [1.82, 2.24) is 10.6 Å². The summed E-state index contributed by atoms with van der Waals surface area (Å²) >= 11 is 0. The highest BCUT2D eigenvalue weighted by Crippen LogP contribution is 2.35. The molecule has 5 nitrogen and oxygen atoms in total. The van der Waals surface area contributed by atoms with E-state index < -0.39 is 0 Å². The molecule has 0 unspecified atom stereocenters. The molecule has 6 heteroatoms. The largest absolute Gasteiger partial charge is 0.508 e. The van der Waals surface area contributed by atoms with Crippen LogP contribution in [0.5, 0.6) is 11.5 Å². The third-order valence-electron chi connectivity index (χ3n) is 4.72. The summed E-state index contributed by atoms with van der Waals surface area (Å²) in [6.45, 7) is 7.97. The monoisotopic (exact) mass is 461 g/mol. The molecule has 0 aliphatic heterocycles. The molecule has 0 radical (unpaired) electrons. The number of aromatic hydroxyl groups is 1. The first-order chi connectivity index (χ1) is 11.4. The van der Waals surface area contributed by atoms with Crippen molar-refractivity contribution in [3.63, 3.8) is 0 Å². The minimum Gasteiger partial charge on any atom is -0.508 e. The number of hydrogen-bond acceptors (Lipinski definition) is 3. The van der Waals surface area contributed by atoms with Gasteiger partial charge in [-0.25, -0.2) is 4.99 Å². The summed E-state index contributed by atoms with van der Waals surface area (Å²) in [4.78, 5) is 4.63. The molecule has 1 saturated carbocycles. The second-order valence-electron chi connectivity index (χ2n) is 7.27. The van der Waals surface area contributed by atoms with Crippen LogP contribution >= 0.6 is 24.0 Å². The van der Waals surface area contributed by atoms with Gasteiger partial charge >= 0.3 is 0 Å². The Morgan fingerprint density at radius 3 is 2.60 bits per heavy atom. The molecule has 1 aromatic carbocycles. The highest BCUT2D eigenvalue weighted by atomic mass is 127. The number of methoxy groups -OCH3 is 1. The smallest absolute Gasteiger partial charge is 0.191 e. The lowest BCUT2D eigenvalue weighted by molar-refractivity contribution is 0.216. The van der Waals surface area contributed by atoms with Crippen molar-refractivity contribution in [1.29, 1.82) is 0 Å². The SMILES string of the molecule is CCNC(=NCc1cc(OC)ccc1O)NC1CCC(C)(C)CC1.I. The molecule has 0 spiro atoms. The molecular formula is C19H32IN3O2. The maximum atomic E-state index is 9.99. The van der Waals surface area contributed by atoms with Crippen LogP contribution in [0.2, 0.25) is 0 Å². The average Bonchev–Trinajstić information content (AvgIpc) is 2.56. The molecule has 0 heterocycles. The van der Waals surface area contributed by atoms with Crippen LogP contribution in [0, 0.1) is 5.41 Å². The quantitative estimate of drug-likeness (QED) is 0.352. The third-order valence-corrected chi connectivity index (χ3v) is 4.72. The van der Waals surface area contributed by atoms with E-state index in [0.29, 0.717) is 18.0 Å². The molecule has 0 aromatic heterocycles. The molecule has 0 amide bonds. The number of rotatable bonds is 5. The summed E-state index contributed by atoms with van der Waals surface area (Å²) in [6, 6.07) is 5.68. The van der Waals surface area contributed by atoms with E-state index in [1.165, 1.54) is 25.7 Å². The molecule has 1 aliphatic rings. The Kier molecular flexibility index (Phi) is 8.82. The molecule has 25 heavy (non-hydrogen) atoms. The summed E-state index contributed by atoms with van der Waals surface area (Å²) < 4.78 is 5.21. The number of benzene rings is 1. The molecular weight excluding hydrogens is 429 g/mol. The Morgan fingerprint density at radius 2 is 2.00 bits per heavy atom. The van der Waals surface area contributed by atoms with Gasteiger partial charge in [0, 0.05) is 18.2 Å². The number of phenols is 1. The topological polar surface area (TPSA) is 65.9 Å². The van der Waals surface area contributed by atoms with E-state index in [1.807, 2.05) is 6.07 Å². The van der Waals surface area contributed by atoms with Crippen LogP contribution in [-0.4, -0.2) is 30.8 Å². The van der Waals surface area contributed by atoms with Gasteiger partial charge in [0.1, 0.15) is 11.5 Å². The van der Waals surface area contributed by atoms with E-state index in [0.717, 1.165) is 23.8 Å². The van der Waals surface area contributed by atoms with E-state index in [4.69, 9.17) is 4.74 Å². The van der Waals surface area contributed by atoms with Crippen LogP contribution in [0.3, 0.4) is 0 Å². The Hall–Kier alpha value is -1.18. The highest BCUT2D eigenvalue weighted by Gasteiger charge is 2.27. The fraction of sp³-hybridized carbons (Fsp3) is 0.632. The van der Waals surface area contributed by atoms with Gasteiger partial charge in [-0.3, -0.25) is 0 Å². The Bertz CT molecular complexity index is 566. The van der Waals surface area contributed by atoms with Gasteiger partial charge in [-0.15, -0.1) is 24.0 Å². The minimum atomic E-state index is 0. The van der Waals surface area contributed by atoms with Crippen molar-refractivity contribution in [2.45, 2.75) is 59.0 Å². The van der Waals surface area contributed by atoms with Crippen molar-refractivity contribution in [3.05, 3.63) is 23.8 Å². The Morgan fingerprint density at radius 1 is 1.32 bits per heavy atom. The normalized spacial score (nSPS) is 17.5. The van der Waals surface area contributed by atoms with Gasteiger partial charge in [-0.05, 0) is 56.2 Å². The molecule has 142 valence electrons. The number of phenolic OH excluding ortho intramolecular Hbond substituents is 1. The number of halogens is 1. The van der Waals surface area contributed by atoms with Gasteiger partial charge in [0.05, 0.1) is 13.7 Å². The van der Waals surface area contributed by atoms with E-state index in [-0.39, 0.29) is 29.7 Å². The zero-order chi connectivity index (χ0) is 17.6. The number of nitrogens with zero attached hydrogens (tertiary/aromatic N) is 1. The van der Waals surface area contributed by atoms with Gasteiger partial charge in [0.25, 0.3) is 0 Å². The number of hydrogen-bond donors (Lipinski definition) is 3. The molecule has 0 saturated heterocycles. The number of guanidine groups is 1. The van der Waals surface area contributed by atoms with Crippen LogP contribution < -0.4 is 15.4 Å². The summed E-state index contributed by atoms with van der Waals surface area (Å²) in [5.74, 6) is 1.78. The van der Waals surface area contributed by atoms with Crippen LogP contribution in [-0.2, 0) is 6.54 Å². The first-order valence-corrected chi connectivity index (χ1v) is 8.84. The van der Waals surface area contributed by atoms with E-state index >= 15 is 0 Å². The van der Waals surface area contributed by atoms with E-state index in [1.54, 1.807) is 19.2 Å². The van der Waals surface area contributed by atoms with Gasteiger partial charge in [-0.2, -0.15) is 0 Å². The van der Waals surface area contributed by atoms with Crippen LogP contribution in [0.25, 0.3) is 0 Å². The summed E-state index contributed by atoms with van der Waals surface area (Å²) in [5.41, 5.74) is 1.22. The zero-order valence-electron chi connectivity index (χ0n) is 15.8. The molecule has 1 fully saturated rings. The fourth-order valence-electron chi connectivity index (χ4n) is 3.04. The molecule has 0 bridgehead atoms. The molecule has 3 N–H and O–H groups in total. The lowest BCUT2D eigenvalue weighted by Gasteiger charge is -2.35. The predicted molar refractivity (Wildman–Crippen MR) is 114 cm³/mol. The first-order valence-electron chi connectivity index (χ1n) is 8.84. The maximum Gasteiger partial charge on any atom is 0.191 e. The van der Waals surface area contributed by atoms with Gasteiger partial charge in [0.15, 0.2) is 5.96 Å². The van der Waals surface area contributed by atoms with Gasteiger partial charge in [0.2, 0.25) is 0 Å². The second-order valence-corrected chi connectivity index (χ2v) is 7.27. The second kappa shape index (κ2) is 10.1. The number of nitrogens with one attached hydrogen (secondary N) is 2. The number of ether oxygens (including phenoxy) is 1. The summed E-state index contributed by atoms with van der Waals surface area (Å²) in [7, 11) is 1.62. The zero-order valence-corrected chi connectivity index (χ0v) is 18.1. The average molecular weight is 461 g/mol. The first kappa shape index (κ1) is 21.9.